The molecule has 0 fully saturated rings. The van der Waals surface area contributed by atoms with Gasteiger partial charge in [-0.25, -0.2) is 15.0 Å². The number of aliphatic imine (C=N–C) groups is 1. The SMILES string of the molecule is N=C(c1ccccc1)c1ccccc1.O=[N+]([O-])c1ccc(Oc2ccnc(Cl)c2)cn1.O=[N+]([O-])c1ccc(Oc2ccnc(N=C(c3ccccc3)c3ccccc3)c2)cn1. The third-order valence-corrected chi connectivity index (χ3v) is 8.35. The molecular weight excluding hydrogens is 796 g/mol. The molecule has 1 N–H and O–H groups in total. The van der Waals surface area contributed by atoms with Crippen molar-refractivity contribution in [3.8, 4) is 23.0 Å². The second kappa shape index (κ2) is 21.3. The molecule has 0 aliphatic heterocycles. The van der Waals surface area contributed by atoms with Crippen LogP contribution in [0.1, 0.15) is 22.3 Å². The van der Waals surface area contributed by atoms with Crippen molar-refractivity contribution in [3.63, 3.8) is 0 Å². The molecule has 0 bridgehead atoms. The van der Waals surface area contributed by atoms with Gasteiger partial charge in [0.2, 0.25) is 0 Å². The maximum atomic E-state index is 10.7. The summed E-state index contributed by atoms with van der Waals surface area (Å²) in [6.45, 7) is 0. The zero-order valence-electron chi connectivity index (χ0n) is 31.9. The molecule has 4 heterocycles. The van der Waals surface area contributed by atoms with Gasteiger partial charge in [0.15, 0.2) is 29.7 Å². The van der Waals surface area contributed by atoms with Crippen LogP contribution in [0, 0.1) is 25.6 Å². The number of nitrogens with one attached hydrogen (secondary N) is 1. The van der Waals surface area contributed by atoms with Crippen LogP contribution >= 0.6 is 11.6 Å². The van der Waals surface area contributed by atoms with Crippen molar-refractivity contribution in [1.29, 1.82) is 5.41 Å². The number of rotatable bonds is 11. The number of benzene rings is 4. The maximum Gasteiger partial charge on any atom is 0.363 e. The Bertz CT molecular complexity index is 2630. The van der Waals surface area contributed by atoms with Gasteiger partial charge in [-0.15, -0.1) is 0 Å². The number of nitro groups is 2. The van der Waals surface area contributed by atoms with Gasteiger partial charge in [0.05, 0.1) is 11.4 Å². The van der Waals surface area contributed by atoms with Crippen molar-refractivity contribution in [3.05, 3.63) is 242 Å². The third kappa shape index (κ3) is 12.8. The van der Waals surface area contributed by atoms with E-state index in [-0.39, 0.29) is 11.6 Å². The van der Waals surface area contributed by atoms with Crippen LogP contribution in [0.4, 0.5) is 17.5 Å². The first kappa shape index (κ1) is 42.1. The molecule has 15 heteroatoms. The van der Waals surface area contributed by atoms with Crippen molar-refractivity contribution < 1.29 is 19.3 Å². The summed E-state index contributed by atoms with van der Waals surface area (Å²) in [5, 5.41) is 29.4. The molecule has 0 spiro atoms. The fraction of sp³-hybridized carbons (Fsp3) is 0. The highest BCUT2D eigenvalue weighted by molar-refractivity contribution is 6.29. The normalized spacial score (nSPS) is 10.0. The Morgan fingerprint density at radius 3 is 1.31 bits per heavy atom. The van der Waals surface area contributed by atoms with Crippen LogP contribution in [0.15, 0.2) is 200 Å². The molecule has 0 saturated carbocycles. The molecular formula is C46H33ClN8O6. The summed E-state index contributed by atoms with van der Waals surface area (Å²) in [6.07, 6.45) is 5.67. The first-order valence-electron chi connectivity index (χ1n) is 18.2. The molecule has 8 aromatic rings. The molecule has 61 heavy (non-hydrogen) atoms. The van der Waals surface area contributed by atoms with E-state index < -0.39 is 9.85 Å². The molecule has 14 nitrogen and oxygen atoms in total. The molecule has 300 valence electrons. The lowest BCUT2D eigenvalue weighted by Gasteiger charge is -2.08. The van der Waals surface area contributed by atoms with E-state index >= 15 is 0 Å². The second-order valence-corrected chi connectivity index (χ2v) is 12.8. The summed E-state index contributed by atoms with van der Waals surface area (Å²) >= 11 is 5.68. The monoisotopic (exact) mass is 828 g/mol. The number of aromatic nitrogens is 4. The van der Waals surface area contributed by atoms with Crippen molar-refractivity contribution in [2.75, 3.05) is 0 Å². The Balaban J connectivity index is 0.000000169. The number of halogens is 1. The number of ether oxygens (including phenoxy) is 2. The highest BCUT2D eigenvalue weighted by Crippen LogP contribution is 2.26. The zero-order chi connectivity index (χ0) is 42.8. The van der Waals surface area contributed by atoms with E-state index in [4.69, 9.17) is 31.5 Å². The maximum absolute atomic E-state index is 10.7. The van der Waals surface area contributed by atoms with Crippen LogP contribution in [-0.4, -0.2) is 41.2 Å². The van der Waals surface area contributed by atoms with Crippen LogP contribution in [0.2, 0.25) is 5.15 Å². The zero-order valence-corrected chi connectivity index (χ0v) is 32.7. The van der Waals surface area contributed by atoms with Gasteiger partial charge in [-0.2, -0.15) is 0 Å². The topological polar surface area (TPSA) is 193 Å². The molecule has 0 aliphatic rings. The van der Waals surface area contributed by atoms with Crippen LogP contribution in [-0.2, 0) is 0 Å². The number of hydrogen-bond acceptors (Lipinski definition) is 12. The van der Waals surface area contributed by atoms with E-state index in [9.17, 15) is 20.2 Å². The lowest BCUT2D eigenvalue weighted by Crippen LogP contribution is -2.02. The van der Waals surface area contributed by atoms with Gasteiger partial charge in [-0.1, -0.05) is 133 Å². The summed E-state index contributed by atoms with van der Waals surface area (Å²) in [6, 6.07) is 51.3. The van der Waals surface area contributed by atoms with Crippen LogP contribution < -0.4 is 9.47 Å². The van der Waals surface area contributed by atoms with Crippen LogP contribution in [0.5, 0.6) is 23.0 Å². The van der Waals surface area contributed by atoms with Crippen LogP contribution in [0.25, 0.3) is 0 Å². The molecule has 4 aromatic carbocycles. The van der Waals surface area contributed by atoms with E-state index in [2.05, 4.69) is 19.9 Å². The first-order valence-corrected chi connectivity index (χ1v) is 18.6. The minimum atomic E-state index is -0.576. The van der Waals surface area contributed by atoms with E-state index in [1.807, 2.05) is 121 Å². The second-order valence-electron chi connectivity index (χ2n) is 12.4. The highest BCUT2D eigenvalue weighted by Gasteiger charge is 2.11. The van der Waals surface area contributed by atoms with E-state index in [1.165, 1.54) is 48.9 Å². The number of nitrogens with zero attached hydrogens (tertiary/aromatic N) is 7. The Labute approximate surface area is 354 Å². The smallest absolute Gasteiger partial charge is 0.363 e. The molecule has 8 rings (SSSR count). The minimum absolute atomic E-state index is 0.231. The Hall–Kier alpha value is -8.49. The Kier molecular flexibility index (Phi) is 14.7. The molecule has 4 aromatic heterocycles. The van der Waals surface area contributed by atoms with Crippen molar-refractivity contribution >= 4 is 40.5 Å². The lowest BCUT2D eigenvalue weighted by atomic mass is 10.0. The first-order chi connectivity index (χ1) is 29.7. The van der Waals surface area contributed by atoms with Crippen molar-refractivity contribution in [1.82, 2.24) is 19.9 Å². The largest absolute Gasteiger partial charge is 0.453 e. The van der Waals surface area contributed by atoms with E-state index in [1.54, 1.807) is 24.4 Å². The average Bonchev–Trinajstić information content (AvgIpc) is 3.30. The summed E-state index contributed by atoms with van der Waals surface area (Å²) in [5.74, 6) is 1.76. The molecule has 0 saturated heterocycles. The quantitative estimate of drug-likeness (QED) is 0.0567. The molecule has 0 amide bonds. The summed E-state index contributed by atoms with van der Waals surface area (Å²) in [4.78, 5) is 40.3. The van der Waals surface area contributed by atoms with E-state index in [0.29, 0.717) is 39.7 Å². The Morgan fingerprint density at radius 1 is 0.508 bits per heavy atom. The number of pyridine rings is 4. The van der Waals surface area contributed by atoms with Gasteiger partial charge in [-0.3, -0.25) is 5.41 Å². The van der Waals surface area contributed by atoms with Crippen molar-refractivity contribution in [2.45, 2.75) is 0 Å². The summed E-state index contributed by atoms with van der Waals surface area (Å²) in [5.41, 5.74) is 5.22. The van der Waals surface area contributed by atoms with Gasteiger partial charge in [-0.05, 0) is 55.2 Å². The fourth-order valence-corrected chi connectivity index (χ4v) is 5.47. The standard InChI is InChI=1S/C23H16N4O3.C13H11N.C10H6ClN3O3/c28-27(29)22-12-11-20(16-25-22)30-19-13-14-24-21(15-19)26-23(17-7-3-1-4-8-17)18-9-5-2-6-10-18;14-13(11-7-3-1-4-8-11)12-9-5-2-6-10-12;11-9-5-7(3-4-12-9)17-8-1-2-10(13-6-8)14(15)16/h1-16H;1-10,14H;1-6H. The predicted molar refractivity (Wildman–Crippen MR) is 232 cm³/mol. The average molecular weight is 829 g/mol. The lowest BCUT2D eigenvalue weighted by molar-refractivity contribution is -0.389. The highest BCUT2D eigenvalue weighted by atomic mass is 35.5. The summed E-state index contributed by atoms with van der Waals surface area (Å²) in [7, 11) is 0. The number of hydrogen-bond donors (Lipinski definition) is 1. The molecule has 0 atom stereocenters. The fourth-order valence-electron chi connectivity index (χ4n) is 5.31. The molecule has 0 unspecified atom stereocenters. The Morgan fingerprint density at radius 2 is 0.918 bits per heavy atom. The van der Waals surface area contributed by atoms with Crippen molar-refractivity contribution in [2.24, 2.45) is 4.99 Å². The molecule has 0 radical (unpaired) electrons. The van der Waals surface area contributed by atoms with Gasteiger partial charge in [0.25, 0.3) is 0 Å². The van der Waals surface area contributed by atoms with Crippen LogP contribution in [0.3, 0.4) is 0 Å². The van der Waals surface area contributed by atoms with Gasteiger partial charge in [0, 0.05) is 47.8 Å². The third-order valence-electron chi connectivity index (χ3n) is 8.15. The summed E-state index contributed by atoms with van der Waals surface area (Å²) < 4.78 is 11.1. The van der Waals surface area contributed by atoms with Gasteiger partial charge < -0.3 is 29.7 Å². The predicted octanol–water partition coefficient (Wildman–Crippen LogP) is 11.3. The van der Waals surface area contributed by atoms with E-state index in [0.717, 1.165) is 28.0 Å². The van der Waals surface area contributed by atoms with Gasteiger partial charge in [0.1, 0.15) is 16.7 Å². The minimum Gasteiger partial charge on any atom is -0.453 e. The van der Waals surface area contributed by atoms with Gasteiger partial charge >= 0.3 is 11.6 Å². The molecule has 0 aliphatic carbocycles.